The summed E-state index contributed by atoms with van der Waals surface area (Å²) in [6.07, 6.45) is 3.17. The predicted molar refractivity (Wildman–Crippen MR) is 65.1 cm³/mol. The van der Waals surface area contributed by atoms with Crippen LogP contribution in [0.2, 0.25) is 0 Å². The van der Waals surface area contributed by atoms with Crippen molar-refractivity contribution < 1.29 is 0 Å². The summed E-state index contributed by atoms with van der Waals surface area (Å²) in [5.74, 6) is 1.90. The minimum absolute atomic E-state index is 0.327. The lowest BCUT2D eigenvalue weighted by Gasteiger charge is -2.39. The van der Waals surface area contributed by atoms with E-state index in [1.54, 1.807) is 0 Å². The molecule has 0 spiro atoms. The zero-order valence-electron chi connectivity index (χ0n) is 10.3. The number of nitrogens with zero attached hydrogens (tertiary/aromatic N) is 1. The van der Waals surface area contributed by atoms with Crippen LogP contribution in [0.5, 0.6) is 0 Å². The third-order valence-corrected chi connectivity index (χ3v) is 3.34. The zero-order chi connectivity index (χ0) is 11.4. The highest BCUT2D eigenvalue weighted by atomic mass is 15.2. The Morgan fingerprint density at radius 2 is 1.93 bits per heavy atom. The molecule has 88 valence electrons. The molecule has 1 rings (SSSR count). The van der Waals surface area contributed by atoms with Crippen LogP contribution < -0.4 is 5.73 Å². The molecular formula is C12H25N3. The maximum absolute atomic E-state index is 7.40. The molecule has 3 atom stereocenters. The number of hydrogen-bond acceptors (Lipinski definition) is 2. The molecule has 0 bridgehead atoms. The second-order valence-corrected chi connectivity index (χ2v) is 5.19. The Kier molecular flexibility index (Phi) is 4.58. The van der Waals surface area contributed by atoms with Gasteiger partial charge in [-0.05, 0) is 24.7 Å². The summed E-state index contributed by atoms with van der Waals surface area (Å²) in [7, 11) is 0. The van der Waals surface area contributed by atoms with E-state index in [0.29, 0.717) is 11.9 Å². The first-order valence-electron chi connectivity index (χ1n) is 6.09. The third kappa shape index (κ3) is 3.82. The third-order valence-electron chi connectivity index (χ3n) is 3.34. The molecule has 0 aliphatic carbocycles. The summed E-state index contributed by atoms with van der Waals surface area (Å²) < 4.78 is 0. The summed E-state index contributed by atoms with van der Waals surface area (Å²) in [6.45, 7) is 9.19. The average Bonchev–Trinajstić information content (AvgIpc) is 2.12. The molecule has 0 aromatic carbocycles. The van der Waals surface area contributed by atoms with E-state index in [9.17, 15) is 0 Å². The van der Waals surface area contributed by atoms with Crippen molar-refractivity contribution in [2.24, 2.45) is 17.6 Å². The van der Waals surface area contributed by atoms with Crippen molar-refractivity contribution in [1.29, 1.82) is 5.41 Å². The topological polar surface area (TPSA) is 53.1 Å². The van der Waals surface area contributed by atoms with Gasteiger partial charge < -0.3 is 5.73 Å². The van der Waals surface area contributed by atoms with Crippen molar-refractivity contribution in [3.63, 3.8) is 0 Å². The van der Waals surface area contributed by atoms with Gasteiger partial charge in [-0.25, -0.2) is 0 Å². The van der Waals surface area contributed by atoms with Crippen molar-refractivity contribution in [1.82, 2.24) is 4.90 Å². The van der Waals surface area contributed by atoms with Crippen LogP contribution in [0.25, 0.3) is 0 Å². The number of nitrogens with two attached hydrogens (primary N) is 1. The zero-order valence-corrected chi connectivity index (χ0v) is 10.3. The standard InChI is InChI=1S/C12H25N3/c1-4-11(6-12(13)14)15-7-9(2)5-10(3)8-15/h9-11H,4-8H2,1-3H3,(H3,13,14). The van der Waals surface area contributed by atoms with Crippen LogP contribution in [0.4, 0.5) is 0 Å². The molecule has 0 saturated carbocycles. The van der Waals surface area contributed by atoms with Crippen molar-refractivity contribution >= 4 is 5.84 Å². The van der Waals surface area contributed by atoms with Gasteiger partial charge in [0.2, 0.25) is 0 Å². The molecule has 1 aliphatic rings. The Hall–Kier alpha value is -0.570. The van der Waals surface area contributed by atoms with Crippen LogP contribution in [0.15, 0.2) is 0 Å². The highest BCUT2D eigenvalue weighted by Crippen LogP contribution is 2.24. The van der Waals surface area contributed by atoms with Gasteiger partial charge in [-0.1, -0.05) is 20.8 Å². The highest BCUT2D eigenvalue weighted by Gasteiger charge is 2.26. The lowest BCUT2D eigenvalue weighted by atomic mass is 9.90. The smallest absolute Gasteiger partial charge is 0.0921 e. The van der Waals surface area contributed by atoms with Gasteiger partial charge in [0, 0.05) is 25.6 Å². The molecule has 3 nitrogen and oxygen atoms in total. The van der Waals surface area contributed by atoms with Crippen LogP contribution in [-0.4, -0.2) is 29.9 Å². The minimum Gasteiger partial charge on any atom is -0.388 e. The molecule has 15 heavy (non-hydrogen) atoms. The maximum atomic E-state index is 7.40. The van der Waals surface area contributed by atoms with Crippen LogP contribution in [0.1, 0.15) is 40.0 Å². The average molecular weight is 211 g/mol. The number of likely N-dealkylation sites (tertiary alicyclic amines) is 1. The Morgan fingerprint density at radius 1 is 1.40 bits per heavy atom. The highest BCUT2D eigenvalue weighted by molar-refractivity contribution is 5.77. The molecule has 3 heteroatoms. The van der Waals surface area contributed by atoms with E-state index < -0.39 is 0 Å². The van der Waals surface area contributed by atoms with E-state index in [-0.39, 0.29) is 0 Å². The largest absolute Gasteiger partial charge is 0.388 e. The Labute approximate surface area is 93.5 Å². The van der Waals surface area contributed by atoms with Crippen molar-refractivity contribution in [2.75, 3.05) is 13.1 Å². The van der Waals surface area contributed by atoms with Gasteiger partial charge in [-0.2, -0.15) is 0 Å². The van der Waals surface area contributed by atoms with Gasteiger partial charge in [0.15, 0.2) is 0 Å². The predicted octanol–water partition coefficient (Wildman–Crippen LogP) is 2.07. The summed E-state index contributed by atoms with van der Waals surface area (Å²) in [5.41, 5.74) is 5.50. The van der Waals surface area contributed by atoms with Crippen LogP contribution >= 0.6 is 0 Å². The quantitative estimate of drug-likeness (QED) is 0.552. The summed E-state index contributed by atoms with van der Waals surface area (Å²) in [6, 6.07) is 0.479. The number of hydrogen-bond donors (Lipinski definition) is 2. The van der Waals surface area contributed by atoms with Gasteiger partial charge in [0.25, 0.3) is 0 Å². The molecule has 3 N–H and O–H groups in total. The summed E-state index contributed by atoms with van der Waals surface area (Å²) in [5, 5.41) is 7.40. The lowest BCUT2D eigenvalue weighted by Crippen LogP contribution is -2.46. The molecule has 1 aliphatic heterocycles. The second kappa shape index (κ2) is 5.50. The molecule has 0 aromatic rings. The molecule has 3 unspecified atom stereocenters. The van der Waals surface area contributed by atoms with E-state index in [0.717, 1.165) is 24.7 Å². The van der Waals surface area contributed by atoms with Crippen molar-refractivity contribution in [3.8, 4) is 0 Å². The van der Waals surface area contributed by atoms with E-state index in [2.05, 4.69) is 25.7 Å². The Morgan fingerprint density at radius 3 is 2.33 bits per heavy atom. The van der Waals surface area contributed by atoms with Gasteiger partial charge in [0.05, 0.1) is 5.84 Å². The van der Waals surface area contributed by atoms with E-state index in [4.69, 9.17) is 11.1 Å². The molecule has 1 heterocycles. The monoisotopic (exact) mass is 211 g/mol. The van der Waals surface area contributed by atoms with Crippen molar-refractivity contribution in [3.05, 3.63) is 0 Å². The first-order chi connectivity index (χ1) is 7.02. The molecule has 0 aromatic heterocycles. The van der Waals surface area contributed by atoms with E-state index in [1.165, 1.54) is 19.5 Å². The van der Waals surface area contributed by atoms with Gasteiger partial charge in [0.1, 0.15) is 0 Å². The fourth-order valence-corrected chi connectivity index (χ4v) is 2.79. The van der Waals surface area contributed by atoms with E-state index in [1.807, 2.05) is 0 Å². The first kappa shape index (κ1) is 12.5. The van der Waals surface area contributed by atoms with Gasteiger partial charge in [-0.15, -0.1) is 0 Å². The Bertz CT molecular complexity index is 205. The fraction of sp³-hybridized carbons (Fsp3) is 0.917. The number of rotatable bonds is 4. The minimum atomic E-state index is 0.327. The molecule has 1 fully saturated rings. The number of amidine groups is 1. The molecule has 0 amide bonds. The van der Waals surface area contributed by atoms with Gasteiger partial charge in [-0.3, -0.25) is 10.3 Å². The van der Waals surface area contributed by atoms with Crippen molar-refractivity contribution in [2.45, 2.75) is 46.1 Å². The SMILES string of the molecule is CCC(CC(=N)N)N1CC(C)CC(C)C1. The van der Waals surface area contributed by atoms with E-state index >= 15 is 0 Å². The van der Waals surface area contributed by atoms with Crippen LogP contribution in [0, 0.1) is 17.2 Å². The van der Waals surface area contributed by atoms with Gasteiger partial charge >= 0.3 is 0 Å². The van der Waals surface area contributed by atoms with Crippen LogP contribution in [0.3, 0.4) is 0 Å². The maximum Gasteiger partial charge on any atom is 0.0921 e. The second-order valence-electron chi connectivity index (χ2n) is 5.19. The number of piperidine rings is 1. The fourth-order valence-electron chi connectivity index (χ4n) is 2.79. The molecule has 0 radical (unpaired) electrons. The number of nitrogens with one attached hydrogen (secondary N) is 1. The Balaban J connectivity index is 2.54. The summed E-state index contributed by atoms with van der Waals surface area (Å²) in [4.78, 5) is 2.53. The molecule has 1 saturated heterocycles. The summed E-state index contributed by atoms with van der Waals surface area (Å²) >= 11 is 0. The lowest BCUT2D eigenvalue weighted by molar-refractivity contribution is 0.0957. The molecular weight excluding hydrogens is 186 g/mol. The first-order valence-corrected chi connectivity index (χ1v) is 6.09. The normalized spacial score (nSPS) is 30.1. The van der Waals surface area contributed by atoms with Crippen LogP contribution in [-0.2, 0) is 0 Å².